The highest BCUT2D eigenvalue weighted by Gasteiger charge is 2.15. The molecule has 3 heteroatoms. The second-order valence-electron chi connectivity index (χ2n) is 4.93. The minimum Gasteiger partial charge on any atom is -0.496 e. The van der Waals surface area contributed by atoms with E-state index < -0.39 is 0 Å². The topological polar surface area (TPSA) is 52.3 Å². The molecule has 0 aliphatic heterocycles. The number of nitrogen functional groups attached to an aromatic ring is 1. The third kappa shape index (κ3) is 2.82. The summed E-state index contributed by atoms with van der Waals surface area (Å²) in [5.74, 6) is 0.722. The number of anilines is 1. The van der Waals surface area contributed by atoms with Crippen molar-refractivity contribution in [3.05, 3.63) is 58.7 Å². The van der Waals surface area contributed by atoms with Gasteiger partial charge in [0.05, 0.1) is 12.7 Å². The van der Waals surface area contributed by atoms with Crippen molar-refractivity contribution in [3.63, 3.8) is 0 Å². The van der Waals surface area contributed by atoms with Crippen LogP contribution in [0.25, 0.3) is 0 Å². The number of carbonyl (C=O) groups is 1. The van der Waals surface area contributed by atoms with E-state index in [1.54, 1.807) is 19.2 Å². The summed E-state index contributed by atoms with van der Waals surface area (Å²) in [6, 6.07) is 11.1. The summed E-state index contributed by atoms with van der Waals surface area (Å²) in [6.07, 6.45) is 0.346. The number of aryl methyl sites for hydroxylation is 1. The van der Waals surface area contributed by atoms with Crippen molar-refractivity contribution < 1.29 is 9.53 Å². The summed E-state index contributed by atoms with van der Waals surface area (Å²) in [5.41, 5.74) is 10.1. The van der Waals surface area contributed by atoms with Crippen molar-refractivity contribution in [2.24, 2.45) is 0 Å². The maximum absolute atomic E-state index is 12.4. The van der Waals surface area contributed by atoms with Gasteiger partial charge in [-0.2, -0.15) is 0 Å². The highest BCUT2D eigenvalue weighted by molar-refractivity contribution is 6.00. The van der Waals surface area contributed by atoms with Crippen molar-refractivity contribution in [1.82, 2.24) is 0 Å². The quantitative estimate of drug-likeness (QED) is 0.684. The molecule has 0 saturated heterocycles. The average Bonchev–Trinajstić information content (AvgIpc) is 2.44. The maximum atomic E-state index is 12.4. The summed E-state index contributed by atoms with van der Waals surface area (Å²) in [5, 5.41) is 0. The highest BCUT2D eigenvalue weighted by Crippen LogP contribution is 2.27. The molecular formula is C17H19NO2. The summed E-state index contributed by atoms with van der Waals surface area (Å²) in [4.78, 5) is 12.4. The second kappa shape index (κ2) is 5.78. The minimum atomic E-state index is 0.0507. The van der Waals surface area contributed by atoms with Crippen LogP contribution in [-0.2, 0) is 6.42 Å². The number of carbonyl (C=O) groups excluding carboxylic acids is 1. The van der Waals surface area contributed by atoms with Crippen LogP contribution in [0.1, 0.15) is 27.0 Å². The summed E-state index contributed by atoms with van der Waals surface area (Å²) in [6.45, 7) is 3.97. The lowest BCUT2D eigenvalue weighted by Gasteiger charge is -2.12. The van der Waals surface area contributed by atoms with E-state index in [2.05, 4.69) is 0 Å². The molecule has 0 heterocycles. The number of hydrogen-bond acceptors (Lipinski definition) is 3. The maximum Gasteiger partial charge on any atom is 0.170 e. The molecule has 0 unspecified atom stereocenters. The molecule has 20 heavy (non-hydrogen) atoms. The Hall–Kier alpha value is -2.29. The monoisotopic (exact) mass is 269 g/mol. The number of ketones is 1. The van der Waals surface area contributed by atoms with Gasteiger partial charge in [0, 0.05) is 12.1 Å². The van der Waals surface area contributed by atoms with E-state index in [1.807, 2.05) is 38.1 Å². The van der Waals surface area contributed by atoms with E-state index in [4.69, 9.17) is 10.5 Å². The molecule has 2 aromatic rings. The van der Waals surface area contributed by atoms with Crippen molar-refractivity contribution in [2.75, 3.05) is 12.8 Å². The van der Waals surface area contributed by atoms with E-state index in [9.17, 15) is 4.79 Å². The van der Waals surface area contributed by atoms with Crippen molar-refractivity contribution in [1.29, 1.82) is 0 Å². The van der Waals surface area contributed by atoms with Gasteiger partial charge in [0.1, 0.15) is 5.75 Å². The number of rotatable bonds is 4. The van der Waals surface area contributed by atoms with Crippen LogP contribution in [-0.4, -0.2) is 12.9 Å². The Bertz CT molecular complexity index is 630. The first kappa shape index (κ1) is 14.1. The molecule has 104 valence electrons. The Kier molecular flexibility index (Phi) is 4.08. The Morgan fingerprint density at radius 3 is 2.35 bits per heavy atom. The number of methoxy groups -OCH3 is 1. The molecule has 0 fully saturated rings. The van der Waals surface area contributed by atoms with Gasteiger partial charge in [-0.3, -0.25) is 4.79 Å². The molecule has 0 aromatic heterocycles. The van der Waals surface area contributed by atoms with Gasteiger partial charge in [0.2, 0.25) is 0 Å². The third-order valence-corrected chi connectivity index (χ3v) is 3.53. The van der Waals surface area contributed by atoms with Gasteiger partial charge in [-0.15, -0.1) is 0 Å². The molecular weight excluding hydrogens is 250 g/mol. The summed E-state index contributed by atoms with van der Waals surface area (Å²) < 4.78 is 5.39. The van der Waals surface area contributed by atoms with Crippen LogP contribution in [0.5, 0.6) is 5.75 Å². The van der Waals surface area contributed by atoms with Crippen molar-refractivity contribution in [3.8, 4) is 5.75 Å². The number of ether oxygens (including phenoxy) is 1. The van der Waals surface area contributed by atoms with Gasteiger partial charge in [0.25, 0.3) is 0 Å². The Morgan fingerprint density at radius 1 is 1.10 bits per heavy atom. The molecule has 0 aliphatic carbocycles. The molecule has 0 radical (unpaired) electrons. The largest absolute Gasteiger partial charge is 0.496 e. The minimum absolute atomic E-state index is 0.0507. The van der Waals surface area contributed by atoms with E-state index in [1.165, 1.54) is 0 Å². The molecule has 2 rings (SSSR count). The lowest BCUT2D eigenvalue weighted by Crippen LogP contribution is -2.07. The molecule has 2 aromatic carbocycles. The number of hydrogen-bond donors (Lipinski definition) is 1. The fourth-order valence-corrected chi connectivity index (χ4v) is 2.19. The van der Waals surface area contributed by atoms with Gasteiger partial charge < -0.3 is 10.5 Å². The lowest BCUT2D eigenvalue weighted by atomic mass is 9.98. The van der Waals surface area contributed by atoms with E-state index >= 15 is 0 Å². The van der Waals surface area contributed by atoms with E-state index in [0.29, 0.717) is 23.4 Å². The molecule has 0 amide bonds. The number of Topliss-reactive ketones (excluding diaryl/α,β-unsaturated/α-hetero) is 1. The Morgan fingerprint density at radius 2 is 1.75 bits per heavy atom. The van der Waals surface area contributed by atoms with E-state index in [-0.39, 0.29) is 5.78 Å². The average molecular weight is 269 g/mol. The molecule has 0 spiro atoms. The highest BCUT2D eigenvalue weighted by atomic mass is 16.5. The van der Waals surface area contributed by atoms with E-state index in [0.717, 1.165) is 16.7 Å². The normalized spacial score (nSPS) is 10.3. The van der Waals surface area contributed by atoms with Gasteiger partial charge in [0.15, 0.2) is 5.78 Å². The van der Waals surface area contributed by atoms with Crippen LogP contribution in [0.15, 0.2) is 36.4 Å². The first-order valence-corrected chi connectivity index (χ1v) is 6.54. The second-order valence-corrected chi connectivity index (χ2v) is 4.93. The SMILES string of the molecule is COc1c(C(=O)Cc2ccc(N)cc2)ccc(C)c1C. The zero-order valence-corrected chi connectivity index (χ0v) is 12.1. The van der Waals surface area contributed by atoms with Crippen LogP contribution in [0, 0.1) is 13.8 Å². The Balaban J connectivity index is 2.30. The van der Waals surface area contributed by atoms with Gasteiger partial charge in [-0.1, -0.05) is 18.2 Å². The first-order chi connectivity index (χ1) is 9.52. The van der Waals surface area contributed by atoms with Crippen LogP contribution in [0.4, 0.5) is 5.69 Å². The van der Waals surface area contributed by atoms with Gasteiger partial charge >= 0.3 is 0 Å². The lowest BCUT2D eigenvalue weighted by molar-refractivity contribution is 0.0990. The van der Waals surface area contributed by atoms with Crippen LogP contribution < -0.4 is 10.5 Å². The molecule has 2 N–H and O–H groups in total. The van der Waals surface area contributed by atoms with Gasteiger partial charge in [-0.05, 0) is 48.7 Å². The van der Waals surface area contributed by atoms with Crippen LogP contribution in [0.2, 0.25) is 0 Å². The third-order valence-electron chi connectivity index (χ3n) is 3.53. The van der Waals surface area contributed by atoms with Gasteiger partial charge in [-0.25, -0.2) is 0 Å². The smallest absolute Gasteiger partial charge is 0.170 e. The predicted octanol–water partition coefficient (Wildman–Crippen LogP) is 3.32. The zero-order valence-electron chi connectivity index (χ0n) is 12.1. The molecule has 0 saturated carbocycles. The molecule has 3 nitrogen and oxygen atoms in total. The predicted molar refractivity (Wildman–Crippen MR) is 81.4 cm³/mol. The fraction of sp³-hybridized carbons (Fsp3) is 0.235. The van der Waals surface area contributed by atoms with Crippen LogP contribution >= 0.6 is 0 Å². The Labute approximate surface area is 119 Å². The zero-order chi connectivity index (χ0) is 14.7. The molecule has 0 aliphatic rings. The summed E-state index contributed by atoms with van der Waals surface area (Å²) in [7, 11) is 1.60. The van der Waals surface area contributed by atoms with Crippen LogP contribution in [0.3, 0.4) is 0 Å². The standard InChI is InChI=1S/C17H19NO2/c1-11-4-9-15(17(20-3)12(11)2)16(19)10-13-5-7-14(18)8-6-13/h4-9H,10,18H2,1-3H3. The van der Waals surface area contributed by atoms with Crippen molar-refractivity contribution >= 4 is 11.5 Å². The number of nitrogens with two attached hydrogens (primary N) is 1. The first-order valence-electron chi connectivity index (χ1n) is 6.54. The molecule has 0 bridgehead atoms. The summed E-state index contributed by atoms with van der Waals surface area (Å²) >= 11 is 0. The van der Waals surface area contributed by atoms with Crippen molar-refractivity contribution in [2.45, 2.75) is 20.3 Å². The molecule has 0 atom stereocenters. The fourth-order valence-electron chi connectivity index (χ4n) is 2.19. The number of benzene rings is 2.